The van der Waals surface area contributed by atoms with Crippen LogP contribution in [0.15, 0.2) is 48.5 Å². The molecule has 6 heteroatoms. The number of benzene rings is 2. The Balaban J connectivity index is 1.86. The van der Waals surface area contributed by atoms with Crippen LogP contribution in [0.25, 0.3) is 11.4 Å². The van der Waals surface area contributed by atoms with Gasteiger partial charge in [-0.2, -0.15) is 5.21 Å². The highest BCUT2D eigenvalue weighted by Crippen LogP contribution is 2.27. The lowest BCUT2D eigenvalue weighted by Gasteiger charge is -2.17. The summed E-state index contributed by atoms with van der Waals surface area (Å²) >= 11 is 0. The average molecular weight is 373 g/mol. The number of hydrogen-bond acceptors (Lipinski definition) is 4. The van der Waals surface area contributed by atoms with Gasteiger partial charge in [-0.3, -0.25) is 4.79 Å². The van der Waals surface area contributed by atoms with Crippen molar-refractivity contribution in [3.05, 3.63) is 65.2 Å². The first kappa shape index (κ1) is 19.3. The summed E-state index contributed by atoms with van der Waals surface area (Å²) in [4.78, 5) is 11.7. The number of nitrogens with one attached hydrogen (secondary N) is 1. The molecule has 0 aliphatic rings. The molecule has 3 aromatic rings. The Hall–Kier alpha value is -3.46. The SMILES string of the molecule is CCCC#Cc1cccc(CC(CC(N)=O)c2cccc(-c3nn[nH]n3)c2)c1. The van der Waals surface area contributed by atoms with E-state index in [1.54, 1.807) is 0 Å². The van der Waals surface area contributed by atoms with Gasteiger partial charge in [-0.15, -0.1) is 10.2 Å². The summed E-state index contributed by atoms with van der Waals surface area (Å²) in [5.74, 6) is 6.53. The van der Waals surface area contributed by atoms with Crippen molar-refractivity contribution in [3.8, 4) is 23.2 Å². The van der Waals surface area contributed by atoms with E-state index in [4.69, 9.17) is 5.73 Å². The molecule has 28 heavy (non-hydrogen) atoms. The molecule has 1 atom stereocenters. The summed E-state index contributed by atoms with van der Waals surface area (Å²) in [7, 11) is 0. The number of unbranched alkanes of at least 4 members (excludes halogenated alkanes) is 1. The van der Waals surface area contributed by atoms with Gasteiger partial charge >= 0.3 is 0 Å². The van der Waals surface area contributed by atoms with Crippen LogP contribution < -0.4 is 5.73 Å². The van der Waals surface area contributed by atoms with E-state index in [9.17, 15) is 4.79 Å². The predicted octanol–water partition coefficient (Wildman–Crippen LogP) is 3.22. The number of H-pyrrole nitrogens is 1. The molecule has 1 amide bonds. The molecular weight excluding hydrogens is 350 g/mol. The molecule has 1 unspecified atom stereocenters. The van der Waals surface area contributed by atoms with Crippen molar-refractivity contribution >= 4 is 5.91 Å². The lowest BCUT2D eigenvalue weighted by Crippen LogP contribution is -2.17. The lowest BCUT2D eigenvalue weighted by atomic mass is 9.88. The zero-order valence-corrected chi connectivity index (χ0v) is 15.9. The van der Waals surface area contributed by atoms with E-state index < -0.39 is 0 Å². The number of carbonyl (C=O) groups is 1. The Labute approximate surface area is 164 Å². The largest absolute Gasteiger partial charge is 0.370 e. The summed E-state index contributed by atoms with van der Waals surface area (Å²) in [6.07, 6.45) is 2.89. The molecule has 0 radical (unpaired) electrons. The predicted molar refractivity (Wildman–Crippen MR) is 108 cm³/mol. The molecule has 3 rings (SSSR count). The Morgan fingerprint density at radius 1 is 1.21 bits per heavy atom. The number of tetrazole rings is 1. The van der Waals surface area contributed by atoms with Crippen LogP contribution in [0.3, 0.4) is 0 Å². The summed E-state index contributed by atoms with van der Waals surface area (Å²) < 4.78 is 0. The highest BCUT2D eigenvalue weighted by atomic mass is 16.1. The van der Waals surface area contributed by atoms with Crippen LogP contribution in [0.2, 0.25) is 0 Å². The van der Waals surface area contributed by atoms with Crippen molar-refractivity contribution in [3.63, 3.8) is 0 Å². The van der Waals surface area contributed by atoms with E-state index >= 15 is 0 Å². The minimum Gasteiger partial charge on any atom is -0.370 e. The second kappa shape index (κ2) is 9.47. The first-order chi connectivity index (χ1) is 13.7. The normalized spacial score (nSPS) is 11.5. The van der Waals surface area contributed by atoms with Gasteiger partial charge in [-0.05, 0) is 53.3 Å². The van der Waals surface area contributed by atoms with Gasteiger partial charge in [0, 0.05) is 24.0 Å². The maximum Gasteiger partial charge on any atom is 0.218 e. The standard InChI is InChI=1S/C22H23N5O/c1-2-3-4-7-16-8-5-9-17(12-16)13-20(15-21(23)28)18-10-6-11-19(14-18)22-24-26-27-25-22/h5-6,8-12,14,20H,2-3,13,15H2,1H3,(H2,23,28)(H,24,25,26,27). The fourth-order valence-electron chi connectivity index (χ4n) is 3.12. The lowest BCUT2D eigenvalue weighted by molar-refractivity contribution is -0.118. The van der Waals surface area contributed by atoms with Gasteiger partial charge in [-0.25, -0.2) is 0 Å². The summed E-state index contributed by atoms with van der Waals surface area (Å²) in [6.45, 7) is 2.11. The first-order valence-corrected chi connectivity index (χ1v) is 9.35. The molecular formula is C22H23N5O. The maximum absolute atomic E-state index is 11.7. The number of primary amides is 1. The molecule has 1 aromatic heterocycles. The van der Waals surface area contributed by atoms with Crippen molar-refractivity contribution in [1.82, 2.24) is 20.6 Å². The van der Waals surface area contributed by atoms with Crippen LogP contribution in [0.5, 0.6) is 0 Å². The van der Waals surface area contributed by atoms with Gasteiger partial charge in [-0.1, -0.05) is 49.1 Å². The highest BCUT2D eigenvalue weighted by molar-refractivity contribution is 5.75. The number of carbonyl (C=O) groups excluding carboxylic acids is 1. The van der Waals surface area contributed by atoms with Crippen LogP contribution in [-0.4, -0.2) is 26.5 Å². The van der Waals surface area contributed by atoms with Crippen LogP contribution in [0.1, 0.15) is 48.8 Å². The average Bonchev–Trinajstić information content (AvgIpc) is 3.23. The molecule has 0 bridgehead atoms. The van der Waals surface area contributed by atoms with Gasteiger partial charge in [0.05, 0.1) is 0 Å². The van der Waals surface area contributed by atoms with Crippen molar-refractivity contribution < 1.29 is 4.79 Å². The third kappa shape index (κ3) is 5.27. The van der Waals surface area contributed by atoms with E-state index in [0.29, 0.717) is 12.2 Å². The Kier molecular flexibility index (Phi) is 6.53. The number of nitrogens with zero attached hydrogens (tertiary/aromatic N) is 3. The monoisotopic (exact) mass is 373 g/mol. The maximum atomic E-state index is 11.7. The Morgan fingerprint density at radius 3 is 2.82 bits per heavy atom. The topological polar surface area (TPSA) is 97.5 Å². The van der Waals surface area contributed by atoms with Gasteiger partial charge < -0.3 is 5.73 Å². The summed E-state index contributed by atoms with van der Waals surface area (Å²) in [5, 5.41) is 14.1. The number of aromatic nitrogens is 4. The van der Waals surface area contributed by atoms with Crippen LogP contribution in [0, 0.1) is 11.8 Å². The highest BCUT2D eigenvalue weighted by Gasteiger charge is 2.17. The zero-order chi connectivity index (χ0) is 19.8. The number of hydrogen-bond donors (Lipinski definition) is 2. The van der Waals surface area contributed by atoms with Crippen molar-refractivity contribution in [2.45, 2.75) is 38.5 Å². The fourth-order valence-corrected chi connectivity index (χ4v) is 3.12. The van der Waals surface area contributed by atoms with E-state index in [1.807, 2.05) is 36.4 Å². The zero-order valence-electron chi connectivity index (χ0n) is 15.9. The number of amides is 1. The Morgan fingerprint density at radius 2 is 2.07 bits per heavy atom. The number of aromatic amines is 1. The third-order valence-electron chi connectivity index (χ3n) is 4.43. The molecule has 0 saturated heterocycles. The van der Waals surface area contributed by atoms with E-state index in [0.717, 1.165) is 35.1 Å². The number of nitrogens with two attached hydrogens (primary N) is 1. The Bertz CT molecular complexity index is 985. The second-order valence-electron chi connectivity index (χ2n) is 6.68. The van der Waals surface area contributed by atoms with Crippen molar-refractivity contribution in [2.75, 3.05) is 0 Å². The molecule has 1 heterocycles. The molecule has 0 fully saturated rings. The smallest absolute Gasteiger partial charge is 0.218 e. The molecule has 142 valence electrons. The quantitative estimate of drug-likeness (QED) is 0.621. The molecule has 0 saturated carbocycles. The molecule has 6 nitrogen and oxygen atoms in total. The molecule has 2 aromatic carbocycles. The summed E-state index contributed by atoms with van der Waals surface area (Å²) in [6, 6.07) is 16.0. The van der Waals surface area contributed by atoms with Gasteiger partial charge in [0.2, 0.25) is 11.7 Å². The van der Waals surface area contributed by atoms with E-state index in [-0.39, 0.29) is 18.2 Å². The second-order valence-corrected chi connectivity index (χ2v) is 6.68. The van der Waals surface area contributed by atoms with Crippen LogP contribution >= 0.6 is 0 Å². The van der Waals surface area contributed by atoms with Crippen LogP contribution in [-0.2, 0) is 11.2 Å². The molecule has 0 aliphatic carbocycles. The molecule has 0 spiro atoms. The third-order valence-corrected chi connectivity index (χ3v) is 4.43. The minimum atomic E-state index is -0.325. The van der Waals surface area contributed by atoms with Crippen molar-refractivity contribution in [1.29, 1.82) is 0 Å². The van der Waals surface area contributed by atoms with Crippen LogP contribution in [0.4, 0.5) is 0 Å². The van der Waals surface area contributed by atoms with Gasteiger partial charge in [0.15, 0.2) is 0 Å². The van der Waals surface area contributed by atoms with E-state index in [2.05, 4.69) is 51.5 Å². The molecule has 3 N–H and O–H groups in total. The number of rotatable bonds is 7. The van der Waals surface area contributed by atoms with Gasteiger partial charge in [0.1, 0.15) is 0 Å². The first-order valence-electron chi connectivity index (χ1n) is 9.35. The van der Waals surface area contributed by atoms with Gasteiger partial charge in [0.25, 0.3) is 0 Å². The van der Waals surface area contributed by atoms with E-state index in [1.165, 1.54) is 0 Å². The fraction of sp³-hybridized carbons (Fsp3) is 0.273. The summed E-state index contributed by atoms with van der Waals surface area (Å²) in [5.41, 5.74) is 9.51. The molecule has 0 aliphatic heterocycles. The minimum absolute atomic E-state index is 0.0387. The van der Waals surface area contributed by atoms with Crippen molar-refractivity contribution in [2.24, 2.45) is 5.73 Å².